The molecule has 1 nitrogen and oxygen atoms in total. The van der Waals surface area contributed by atoms with Gasteiger partial charge in [0.2, 0.25) is 0 Å². The summed E-state index contributed by atoms with van der Waals surface area (Å²) in [5, 5.41) is 3.21. The van der Waals surface area contributed by atoms with Crippen LogP contribution >= 0.6 is 0 Å². The van der Waals surface area contributed by atoms with Gasteiger partial charge in [-0.15, -0.1) is 11.7 Å². The lowest BCUT2D eigenvalue weighted by molar-refractivity contribution is 0.699. The van der Waals surface area contributed by atoms with Crippen LogP contribution in [-0.2, 0) is 0 Å². The SMILES string of the molecule is CC1CC#CBN1. The fraction of sp³-hybridized carbons (Fsp3) is 0.600. The Morgan fingerprint density at radius 3 is 3.00 bits per heavy atom. The summed E-state index contributed by atoms with van der Waals surface area (Å²) < 4.78 is 0. The lowest BCUT2D eigenvalue weighted by atomic mass is 9.90. The van der Waals surface area contributed by atoms with Crippen molar-refractivity contribution in [1.29, 1.82) is 0 Å². The molecular formula is C5H8BN. The molecule has 1 aliphatic rings. The molecule has 0 saturated carbocycles. The Balaban J connectivity index is 2.39. The summed E-state index contributed by atoms with van der Waals surface area (Å²) in [5.74, 6) is 5.98. The molecule has 0 radical (unpaired) electrons. The predicted molar refractivity (Wildman–Crippen MR) is 32.1 cm³/mol. The summed E-state index contributed by atoms with van der Waals surface area (Å²) in [7, 11) is 0.876. The van der Waals surface area contributed by atoms with Crippen LogP contribution in [0.3, 0.4) is 0 Å². The molecule has 36 valence electrons. The van der Waals surface area contributed by atoms with E-state index in [-0.39, 0.29) is 0 Å². The Hall–Kier alpha value is -0.415. The summed E-state index contributed by atoms with van der Waals surface area (Å²) in [5.41, 5.74) is 0. The number of nitrogens with one attached hydrogen (secondary N) is 1. The smallest absolute Gasteiger partial charge is 0.291 e. The third-order valence-electron chi connectivity index (χ3n) is 1.07. The van der Waals surface area contributed by atoms with Gasteiger partial charge in [0, 0.05) is 12.5 Å². The van der Waals surface area contributed by atoms with E-state index in [0.29, 0.717) is 6.04 Å². The minimum absolute atomic E-state index is 0.612. The Kier molecular flexibility index (Phi) is 1.38. The normalized spacial score (nSPS) is 27.3. The van der Waals surface area contributed by atoms with Gasteiger partial charge in [-0.05, 0) is 6.92 Å². The lowest BCUT2D eigenvalue weighted by Crippen LogP contribution is -2.31. The van der Waals surface area contributed by atoms with Crippen molar-refractivity contribution in [1.82, 2.24) is 5.23 Å². The van der Waals surface area contributed by atoms with Crippen molar-refractivity contribution in [3.05, 3.63) is 0 Å². The van der Waals surface area contributed by atoms with Gasteiger partial charge < -0.3 is 5.23 Å². The van der Waals surface area contributed by atoms with Gasteiger partial charge in [0.25, 0.3) is 7.41 Å². The molecule has 0 aromatic carbocycles. The zero-order chi connectivity index (χ0) is 5.11. The van der Waals surface area contributed by atoms with Crippen LogP contribution in [0.1, 0.15) is 13.3 Å². The molecule has 7 heavy (non-hydrogen) atoms. The standard InChI is InChI=1S/C5H8BN/c1-5-3-2-4-6-7-5/h5-7H,3H2,1H3. The average Bonchev–Trinajstić information content (AvgIpc) is 1.69. The van der Waals surface area contributed by atoms with Gasteiger partial charge in [-0.3, -0.25) is 0 Å². The zero-order valence-electron chi connectivity index (χ0n) is 4.49. The number of rotatable bonds is 0. The molecule has 0 saturated heterocycles. The fourth-order valence-corrected chi connectivity index (χ4v) is 0.585. The van der Waals surface area contributed by atoms with Gasteiger partial charge in [-0.1, -0.05) is 0 Å². The zero-order valence-corrected chi connectivity index (χ0v) is 4.49. The van der Waals surface area contributed by atoms with Gasteiger partial charge >= 0.3 is 0 Å². The van der Waals surface area contributed by atoms with Crippen LogP contribution in [0.2, 0.25) is 0 Å². The molecule has 0 fully saturated rings. The Bertz CT molecular complexity index is 111. The molecule has 1 aliphatic heterocycles. The summed E-state index contributed by atoms with van der Waals surface area (Å²) in [6.07, 6.45) is 1.01. The molecule has 0 amide bonds. The average molecular weight is 92.9 g/mol. The van der Waals surface area contributed by atoms with Crippen LogP contribution in [-0.4, -0.2) is 13.5 Å². The van der Waals surface area contributed by atoms with Gasteiger partial charge in [0.15, 0.2) is 0 Å². The Labute approximate surface area is 44.8 Å². The maximum Gasteiger partial charge on any atom is 0.291 e. The predicted octanol–water partition coefficient (Wildman–Crippen LogP) is -0.319. The van der Waals surface area contributed by atoms with E-state index in [1.54, 1.807) is 0 Å². The molecule has 0 aromatic heterocycles. The van der Waals surface area contributed by atoms with Crippen molar-refractivity contribution >= 4 is 7.41 Å². The summed E-state index contributed by atoms with van der Waals surface area (Å²) in [6, 6.07) is 0.612. The van der Waals surface area contributed by atoms with Crippen LogP contribution in [0.5, 0.6) is 0 Å². The first kappa shape index (κ1) is 4.74. The van der Waals surface area contributed by atoms with Crippen LogP contribution < -0.4 is 5.23 Å². The molecule has 0 bridgehead atoms. The lowest BCUT2D eigenvalue weighted by Gasteiger charge is -2.08. The van der Waals surface area contributed by atoms with Gasteiger partial charge in [0.05, 0.1) is 0 Å². The molecule has 1 rings (SSSR count). The van der Waals surface area contributed by atoms with Gasteiger partial charge in [0.1, 0.15) is 0 Å². The molecule has 1 N–H and O–H groups in total. The third kappa shape index (κ3) is 1.25. The minimum atomic E-state index is 0.612. The van der Waals surface area contributed by atoms with Crippen LogP contribution in [0, 0.1) is 11.7 Å². The first-order valence-electron chi connectivity index (χ1n) is 2.58. The van der Waals surface area contributed by atoms with E-state index in [0.717, 1.165) is 13.8 Å². The second kappa shape index (κ2) is 2.04. The second-order valence-electron chi connectivity index (χ2n) is 1.84. The highest BCUT2D eigenvalue weighted by Gasteiger charge is 1.99. The van der Waals surface area contributed by atoms with Crippen molar-refractivity contribution in [3.63, 3.8) is 0 Å². The van der Waals surface area contributed by atoms with Crippen molar-refractivity contribution in [2.45, 2.75) is 19.4 Å². The summed E-state index contributed by atoms with van der Waals surface area (Å²) in [4.78, 5) is 0. The topological polar surface area (TPSA) is 12.0 Å². The van der Waals surface area contributed by atoms with Gasteiger partial charge in [-0.25, -0.2) is 0 Å². The van der Waals surface area contributed by atoms with E-state index in [1.807, 2.05) is 0 Å². The maximum absolute atomic E-state index is 3.21. The van der Waals surface area contributed by atoms with Crippen molar-refractivity contribution in [3.8, 4) is 11.7 Å². The quantitative estimate of drug-likeness (QED) is 0.319. The summed E-state index contributed by atoms with van der Waals surface area (Å²) >= 11 is 0. The number of hydrogen-bond donors (Lipinski definition) is 1. The van der Waals surface area contributed by atoms with Gasteiger partial charge in [-0.2, -0.15) is 0 Å². The third-order valence-corrected chi connectivity index (χ3v) is 1.07. The molecule has 0 spiro atoms. The molecule has 0 aliphatic carbocycles. The van der Waals surface area contributed by atoms with Crippen LogP contribution in [0.4, 0.5) is 0 Å². The van der Waals surface area contributed by atoms with Crippen LogP contribution in [0.15, 0.2) is 0 Å². The van der Waals surface area contributed by atoms with Crippen LogP contribution in [0.25, 0.3) is 0 Å². The Morgan fingerprint density at radius 2 is 2.71 bits per heavy atom. The molecular weight excluding hydrogens is 84.9 g/mol. The highest BCUT2D eigenvalue weighted by atomic mass is 14.8. The molecule has 2 heteroatoms. The van der Waals surface area contributed by atoms with E-state index in [4.69, 9.17) is 0 Å². The first-order valence-corrected chi connectivity index (χ1v) is 2.58. The minimum Gasteiger partial charge on any atom is -0.345 e. The number of hydrogen-bond acceptors (Lipinski definition) is 1. The highest BCUT2D eigenvalue weighted by Crippen LogP contribution is 1.88. The second-order valence-corrected chi connectivity index (χ2v) is 1.84. The summed E-state index contributed by atoms with van der Waals surface area (Å²) in [6.45, 7) is 2.15. The monoisotopic (exact) mass is 93.1 g/mol. The van der Waals surface area contributed by atoms with E-state index >= 15 is 0 Å². The van der Waals surface area contributed by atoms with Crippen molar-refractivity contribution < 1.29 is 0 Å². The first-order chi connectivity index (χ1) is 3.39. The van der Waals surface area contributed by atoms with E-state index < -0.39 is 0 Å². The highest BCUT2D eigenvalue weighted by molar-refractivity contribution is 6.43. The molecule has 0 aromatic rings. The Morgan fingerprint density at radius 1 is 1.86 bits per heavy atom. The van der Waals surface area contributed by atoms with Crippen molar-refractivity contribution in [2.75, 3.05) is 0 Å². The molecule has 1 atom stereocenters. The largest absolute Gasteiger partial charge is 0.345 e. The van der Waals surface area contributed by atoms with E-state index in [1.165, 1.54) is 0 Å². The van der Waals surface area contributed by atoms with E-state index in [2.05, 4.69) is 23.9 Å². The molecule has 1 heterocycles. The van der Waals surface area contributed by atoms with E-state index in [9.17, 15) is 0 Å². The van der Waals surface area contributed by atoms with Crippen molar-refractivity contribution in [2.24, 2.45) is 0 Å². The molecule has 1 unspecified atom stereocenters. The fourth-order valence-electron chi connectivity index (χ4n) is 0.585. The maximum atomic E-state index is 3.21.